The number of hydrogen-bond acceptors (Lipinski definition) is 15. The van der Waals surface area contributed by atoms with Gasteiger partial charge >= 0.3 is 6.03 Å². The largest absolute Gasteiger partial charge is 0.491 e. The van der Waals surface area contributed by atoms with Gasteiger partial charge in [0.05, 0.1) is 57.9 Å². The van der Waals surface area contributed by atoms with E-state index in [0.29, 0.717) is 121 Å². The van der Waals surface area contributed by atoms with Gasteiger partial charge in [-0.2, -0.15) is 4.98 Å². The second-order valence-corrected chi connectivity index (χ2v) is 17.0. The number of rotatable bonds is 35. The Morgan fingerprint density at radius 2 is 1.36 bits per heavy atom. The zero-order valence-corrected chi connectivity index (χ0v) is 40.1. The molecule has 0 bridgehead atoms. The first-order valence-corrected chi connectivity index (χ1v) is 24.5. The number of carbonyl (C=O) groups excluding carboxylic acids is 5. The number of nitrogens with one attached hydrogen (secondary N) is 8. The summed E-state index contributed by atoms with van der Waals surface area (Å²) in [5.41, 5.74) is 1.66. The van der Waals surface area contributed by atoms with Crippen LogP contribution in [0.15, 0.2) is 78.4 Å². The molecule has 2 saturated heterocycles. The van der Waals surface area contributed by atoms with Gasteiger partial charge in [-0.05, 0) is 80.6 Å². The minimum atomic E-state index is -0.657. The monoisotopic (exact) mass is 992 g/mol. The van der Waals surface area contributed by atoms with Crippen molar-refractivity contribution in [3.63, 3.8) is 0 Å². The molecule has 2 fully saturated rings. The van der Waals surface area contributed by atoms with Gasteiger partial charge in [0.15, 0.2) is 11.6 Å². The van der Waals surface area contributed by atoms with Crippen molar-refractivity contribution in [3.8, 4) is 5.75 Å². The molecule has 0 unspecified atom stereocenters. The Labute approximate surface area is 411 Å². The number of carbonyl (C=O) groups is 5. The summed E-state index contributed by atoms with van der Waals surface area (Å²) in [6.07, 6.45) is 8.66. The highest BCUT2D eigenvalue weighted by atomic mass is 32.2. The molecule has 5 rings (SSSR count). The number of benzene rings is 2. The lowest BCUT2D eigenvalue weighted by Gasteiger charge is -2.11. The van der Waals surface area contributed by atoms with Crippen LogP contribution in [0.25, 0.3) is 0 Å². The fourth-order valence-electron chi connectivity index (χ4n) is 6.80. The van der Waals surface area contributed by atoms with Gasteiger partial charge in [-0.1, -0.05) is 18.7 Å². The molecule has 20 nitrogen and oxygen atoms in total. The first-order valence-electron chi connectivity index (χ1n) is 23.5. The molecule has 2 atom stereocenters. The van der Waals surface area contributed by atoms with E-state index in [1.54, 1.807) is 60.3 Å². The molecular weight excluding hydrogens is 928 g/mol. The summed E-state index contributed by atoms with van der Waals surface area (Å²) in [6, 6.07) is 13.9. The molecule has 0 radical (unpaired) electrons. The van der Waals surface area contributed by atoms with E-state index in [1.807, 2.05) is 0 Å². The summed E-state index contributed by atoms with van der Waals surface area (Å²) in [4.78, 5) is 68.9. The number of aromatic nitrogens is 2. The number of halogens is 1. The van der Waals surface area contributed by atoms with Crippen LogP contribution in [0, 0.1) is 5.82 Å². The minimum absolute atomic E-state index is 0.0278. The van der Waals surface area contributed by atoms with Gasteiger partial charge in [0, 0.05) is 79.8 Å². The zero-order valence-electron chi connectivity index (χ0n) is 39.3. The number of urea groups is 1. The molecule has 380 valence electrons. The number of anilines is 5. The fraction of sp³-hybridized carbons (Fsp3) is 0.479. The van der Waals surface area contributed by atoms with Crippen molar-refractivity contribution in [1.29, 1.82) is 0 Å². The molecule has 70 heavy (non-hydrogen) atoms. The summed E-state index contributed by atoms with van der Waals surface area (Å²) in [5.74, 6) is 0.329. The highest BCUT2D eigenvalue weighted by Gasteiger charge is 2.39. The van der Waals surface area contributed by atoms with Gasteiger partial charge in [0.1, 0.15) is 12.4 Å². The Bertz CT molecular complexity index is 2170. The maximum absolute atomic E-state index is 14.5. The van der Waals surface area contributed by atoms with Crippen molar-refractivity contribution in [1.82, 2.24) is 36.6 Å². The molecule has 0 spiro atoms. The van der Waals surface area contributed by atoms with Crippen LogP contribution in [0.5, 0.6) is 5.75 Å². The van der Waals surface area contributed by atoms with Crippen molar-refractivity contribution in [3.05, 3.63) is 84.2 Å². The molecule has 2 aliphatic rings. The molecule has 0 saturated carbocycles. The number of thioether (sulfide) groups is 1. The Kier molecular flexibility index (Phi) is 24.8. The topological polar surface area (TPSA) is 254 Å². The van der Waals surface area contributed by atoms with Crippen LogP contribution in [0.2, 0.25) is 0 Å². The summed E-state index contributed by atoms with van der Waals surface area (Å²) in [7, 11) is 0. The Balaban J connectivity index is 0.755. The van der Waals surface area contributed by atoms with Crippen LogP contribution in [-0.2, 0) is 38.1 Å². The van der Waals surface area contributed by atoms with E-state index in [9.17, 15) is 28.4 Å². The summed E-state index contributed by atoms with van der Waals surface area (Å²) in [6.45, 7) is 8.50. The molecule has 6 amide bonds. The van der Waals surface area contributed by atoms with E-state index in [1.165, 1.54) is 4.91 Å². The number of ether oxygens (including phenoxy) is 5. The number of allylic oxidation sites excluding steroid dienone is 1. The molecule has 8 N–H and O–H groups in total. The average molecular weight is 993 g/mol. The Morgan fingerprint density at radius 3 is 2.06 bits per heavy atom. The van der Waals surface area contributed by atoms with Crippen molar-refractivity contribution >= 4 is 70.3 Å². The number of unbranched alkanes of at least 4 members (excludes halogenated alkanes) is 1. The Morgan fingerprint density at radius 1 is 0.729 bits per heavy atom. The second kappa shape index (κ2) is 31.7. The van der Waals surface area contributed by atoms with E-state index in [4.69, 9.17) is 23.7 Å². The van der Waals surface area contributed by atoms with Crippen LogP contribution >= 0.6 is 11.8 Å². The summed E-state index contributed by atoms with van der Waals surface area (Å²) >= 11 is 1.76. The van der Waals surface area contributed by atoms with Gasteiger partial charge in [-0.25, -0.2) is 14.2 Å². The molecule has 2 aromatic carbocycles. The third kappa shape index (κ3) is 21.5. The lowest BCUT2D eigenvalue weighted by Crippen LogP contribution is -2.30. The number of nitrogens with zero attached hydrogens (tertiary/aromatic N) is 2. The van der Waals surface area contributed by atoms with Crippen LogP contribution in [0.4, 0.5) is 38.0 Å². The standard InChI is InChI=1S/C48H65FN10O10S/c1-2-41(60)54-35-9-5-10-36(31-35)55-46-38(49)32-53-47(59-46)56-34-15-17-37(18-16-34)69-30-29-67-24-21-52-44(63)14-6-13-43(62)51-20-8-23-66-26-28-68-27-25-65-22-7-19-50-42(61)12-4-3-11-40-45-39(33-70-40)57-48(64)58-45/h2,5,9-11,15-18,31-32,39,45H,1,3-4,6-8,12-14,19-30,33H2,(H,50,61)(H,51,62)(H,52,63)(H,54,60)(H2,57,58,64)(H2,53,55,56,59)/b40-11-/t39-,45-/m0/s1. The van der Waals surface area contributed by atoms with Crippen LogP contribution in [0.3, 0.4) is 0 Å². The Hall–Kier alpha value is -6.33. The maximum Gasteiger partial charge on any atom is 0.315 e. The summed E-state index contributed by atoms with van der Waals surface area (Å²) in [5, 5.41) is 23.0. The van der Waals surface area contributed by atoms with Gasteiger partial charge in [-0.3, -0.25) is 19.2 Å². The van der Waals surface area contributed by atoms with E-state index >= 15 is 0 Å². The van der Waals surface area contributed by atoms with E-state index in [0.717, 1.165) is 37.3 Å². The number of hydrogen-bond donors (Lipinski definition) is 8. The maximum atomic E-state index is 14.5. The molecule has 1 aromatic heterocycles. The van der Waals surface area contributed by atoms with Gasteiger partial charge in [0.25, 0.3) is 0 Å². The highest BCUT2D eigenvalue weighted by Crippen LogP contribution is 2.34. The molecular formula is C48H65FN10O10S. The quantitative estimate of drug-likeness (QED) is 0.0223. The van der Waals surface area contributed by atoms with E-state index < -0.39 is 5.82 Å². The SMILES string of the molecule is C=CC(=O)Nc1cccc(Nc2nc(Nc3ccc(OCCOCCNC(=O)CCCC(=O)NCCCOCCOCCOCCCNC(=O)CCC/C=C4\SC[C@@H]5NC(=O)N[C@H]45)cc3)ncc2F)c1. The molecule has 22 heteroatoms. The number of amides is 6. The van der Waals surface area contributed by atoms with Gasteiger partial charge in [0.2, 0.25) is 29.6 Å². The van der Waals surface area contributed by atoms with Crippen LogP contribution < -0.4 is 47.3 Å². The fourth-order valence-corrected chi connectivity index (χ4v) is 8.08. The van der Waals surface area contributed by atoms with Gasteiger partial charge in [-0.15, -0.1) is 11.8 Å². The summed E-state index contributed by atoms with van der Waals surface area (Å²) < 4.78 is 42.5. The van der Waals surface area contributed by atoms with Crippen molar-refractivity contribution < 1.29 is 52.0 Å². The molecule has 3 heterocycles. The normalized spacial score (nSPS) is 15.3. The second-order valence-electron chi connectivity index (χ2n) is 15.9. The molecule has 2 aliphatic heterocycles. The predicted octanol–water partition coefficient (Wildman–Crippen LogP) is 4.82. The number of fused-ring (bicyclic) bond motifs is 1. The lowest BCUT2D eigenvalue weighted by atomic mass is 10.1. The minimum Gasteiger partial charge on any atom is -0.491 e. The third-order valence-electron chi connectivity index (χ3n) is 10.3. The first kappa shape index (κ1) is 54.6. The van der Waals surface area contributed by atoms with E-state index in [-0.39, 0.29) is 66.4 Å². The van der Waals surface area contributed by atoms with Crippen molar-refractivity contribution in [2.75, 3.05) is 101 Å². The smallest absolute Gasteiger partial charge is 0.315 e. The lowest BCUT2D eigenvalue weighted by molar-refractivity contribution is -0.123. The highest BCUT2D eigenvalue weighted by molar-refractivity contribution is 8.03. The zero-order chi connectivity index (χ0) is 49.6. The van der Waals surface area contributed by atoms with Gasteiger partial charge < -0.3 is 66.2 Å². The predicted molar refractivity (Wildman–Crippen MR) is 265 cm³/mol. The first-order chi connectivity index (χ1) is 34.1. The third-order valence-corrected chi connectivity index (χ3v) is 11.6. The molecule has 3 aromatic rings. The van der Waals surface area contributed by atoms with Crippen LogP contribution in [-0.4, -0.2) is 137 Å². The van der Waals surface area contributed by atoms with Crippen molar-refractivity contribution in [2.24, 2.45) is 0 Å². The van der Waals surface area contributed by atoms with Crippen molar-refractivity contribution in [2.45, 2.75) is 63.5 Å². The average Bonchev–Trinajstić information content (AvgIpc) is 3.91. The van der Waals surface area contributed by atoms with E-state index in [2.05, 4.69) is 65.2 Å². The molecule has 0 aliphatic carbocycles. The van der Waals surface area contributed by atoms with Crippen LogP contribution in [0.1, 0.15) is 51.4 Å².